The van der Waals surface area contributed by atoms with Crippen LogP contribution in [-0.4, -0.2) is 47.6 Å². The molecule has 1 fully saturated rings. The van der Waals surface area contributed by atoms with Crippen LogP contribution in [0.15, 0.2) is 6.07 Å². The van der Waals surface area contributed by atoms with Gasteiger partial charge in [0.1, 0.15) is 11.6 Å². The highest BCUT2D eigenvalue weighted by Gasteiger charge is 2.35. The fourth-order valence-corrected chi connectivity index (χ4v) is 2.43. The lowest BCUT2D eigenvalue weighted by Gasteiger charge is -2.22. The lowest BCUT2D eigenvalue weighted by Crippen LogP contribution is -2.33. The van der Waals surface area contributed by atoms with Crippen molar-refractivity contribution in [2.24, 2.45) is 0 Å². The van der Waals surface area contributed by atoms with Crippen molar-refractivity contribution in [2.45, 2.75) is 32.0 Å². The van der Waals surface area contributed by atoms with Crippen molar-refractivity contribution in [3.63, 3.8) is 0 Å². The maximum Gasteiger partial charge on any atom is 0.451 e. The van der Waals surface area contributed by atoms with Gasteiger partial charge >= 0.3 is 6.18 Å². The van der Waals surface area contributed by atoms with Gasteiger partial charge in [-0.3, -0.25) is 0 Å². The fraction of sp³-hybridized carbons (Fsp3) is 0.692. The van der Waals surface area contributed by atoms with Gasteiger partial charge in [0.25, 0.3) is 0 Å². The van der Waals surface area contributed by atoms with Gasteiger partial charge in [0.15, 0.2) is 0 Å². The van der Waals surface area contributed by atoms with Crippen LogP contribution in [0.3, 0.4) is 0 Å². The second-order valence-corrected chi connectivity index (χ2v) is 5.26. The van der Waals surface area contributed by atoms with Crippen LogP contribution in [0.4, 0.5) is 24.8 Å². The second-order valence-electron chi connectivity index (χ2n) is 5.26. The standard InChI is InChI=1S/C13H20F3N5/c1-9(8-21-5-3-4-6-21)18-11-7-10(17-2)19-12(20-11)13(14,15)16/h7,9H,3-6,8H2,1-2H3,(H2,17,18,19,20). The third-order valence-electron chi connectivity index (χ3n) is 3.36. The zero-order valence-electron chi connectivity index (χ0n) is 12.2. The Morgan fingerprint density at radius 3 is 2.43 bits per heavy atom. The number of aromatic nitrogens is 2. The quantitative estimate of drug-likeness (QED) is 0.875. The summed E-state index contributed by atoms with van der Waals surface area (Å²) in [5.41, 5.74) is 0. The minimum absolute atomic E-state index is 0.0174. The van der Waals surface area contributed by atoms with E-state index in [1.54, 1.807) is 0 Å². The number of rotatable bonds is 5. The molecule has 2 N–H and O–H groups in total. The number of alkyl halides is 3. The molecule has 1 aliphatic heterocycles. The first-order valence-corrected chi connectivity index (χ1v) is 7.01. The Balaban J connectivity index is 2.07. The van der Waals surface area contributed by atoms with E-state index in [2.05, 4.69) is 25.5 Å². The van der Waals surface area contributed by atoms with Crippen LogP contribution in [0.25, 0.3) is 0 Å². The van der Waals surface area contributed by atoms with Crippen LogP contribution < -0.4 is 10.6 Å². The number of hydrogen-bond acceptors (Lipinski definition) is 5. The molecule has 0 saturated carbocycles. The normalized spacial score (nSPS) is 17.8. The van der Waals surface area contributed by atoms with Gasteiger partial charge < -0.3 is 15.5 Å². The van der Waals surface area contributed by atoms with E-state index < -0.39 is 12.0 Å². The van der Waals surface area contributed by atoms with E-state index in [-0.39, 0.29) is 17.7 Å². The highest BCUT2D eigenvalue weighted by atomic mass is 19.4. The third kappa shape index (κ3) is 4.45. The van der Waals surface area contributed by atoms with Crippen LogP contribution in [0.1, 0.15) is 25.6 Å². The summed E-state index contributed by atoms with van der Waals surface area (Å²) in [7, 11) is 1.53. The van der Waals surface area contributed by atoms with Crippen LogP contribution in [0.5, 0.6) is 0 Å². The van der Waals surface area contributed by atoms with E-state index in [0.717, 1.165) is 19.6 Å². The van der Waals surface area contributed by atoms with Crippen LogP contribution >= 0.6 is 0 Å². The van der Waals surface area contributed by atoms with Crippen LogP contribution in [0, 0.1) is 0 Å². The maximum atomic E-state index is 12.8. The number of nitrogens with one attached hydrogen (secondary N) is 2. The van der Waals surface area contributed by atoms with Gasteiger partial charge in [-0.05, 0) is 32.9 Å². The molecule has 8 heteroatoms. The number of nitrogens with zero attached hydrogens (tertiary/aromatic N) is 3. The monoisotopic (exact) mass is 303 g/mol. The third-order valence-corrected chi connectivity index (χ3v) is 3.36. The molecule has 1 atom stereocenters. The predicted octanol–water partition coefficient (Wildman–Crippen LogP) is 2.43. The van der Waals surface area contributed by atoms with Crippen molar-refractivity contribution >= 4 is 11.6 Å². The minimum Gasteiger partial charge on any atom is -0.373 e. The van der Waals surface area contributed by atoms with E-state index in [4.69, 9.17) is 0 Å². The van der Waals surface area contributed by atoms with Crippen molar-refractivity contribution < 1.29 is 13.2 Å². The molecule has 21 heavy (non-hydrogen) atoms. The molecule has 1 aromatic heterocycles. The van der Waals surface area contributed by atoms with Gasteiger partial charge in [0.05, 0.1) is 0 Å². The molecular formula is C13H20F3N5. The summed E-state index contributed by atoms with van der Waals surface area (Å²) in [5.74, 6) is -0.799. The molecule has 2 heterocycles. The first-order valence-electron chi connectivity index (χ1n) is 7.01. The van der Waals surface area contributed by atoms with E-state index in [1.165, 1.54) is 26.0 Å². The molecule has 0 bridgehead atoms. The first-order chi connectivity index (χ1) is 9.88. The fourth-order valence-electron chi connectivity index (χ4n) is 2.43. The molecule has 1 unspecified atom stereocenters. The highest BCUT2D eigenvalue weighted by Crippen LogP contribution is 2.28. The lowest BCUT2D eigenvalue weighted by atomic mass is 10.3. The molecule has 0 radical (unpaired) electrons. The minimum atomic E-state index is -4.55. The Bertz CT molecular complexity index is 471. The van der Waals surface area contributed by atoms with Crippen molar-refractivity contribution in [2.75, 3.05) is 37.3 Å². The Kier molecular flexibility index (Phi) is 4.87. The summed E-state index contributed by atoms with van der Waals surface area (Å²) < 4.78 is 38.3. The average Bonchev–Trinajstić information content (AvgIpc) is 2.89. The SMILES string of the molecule is CNc1cc(NC(C)CN2CCCC2)nc(C(F)(F)F)n1. The predicted molar refractivity (Wildman–Crippen MR) is 75.3 cm³/mol. The van der Waals surface area contributed by atoms with Crippen molar-refractivity contribution in [1.29, 1.82) is 0 Å². The molecule has 0 aliphatic carbocycles. The van der Waals surface area contributed by atoms with Gasteiger partial charge in [0, 0.05) is 25.7 Å². The molecule has 1 aliphatic rings. The molecule has 118 valence electrons. The van der Waals surface area contributed by atoms with E-state index in [0.29, 0.717) is 0 Å². The topological polar surface area (TPSA) is 53.1 Å². The van der Waals surface area contributed by atoms with E-state index in [1.807, 2.05) is 6.92 Å². The number of anilines is 2. The smallest absolute Gasteiger partial charge is 0.373 e. The van der Waals surface area contributed by atoms with Crippen molar-refractivity contribution in [3.05, 3.63) is 11.9 Å². The maximum absolute atomic E-state index is 12.8. The Labute approximate surface area is 122 Å². The van der Waals surface area contributed by atoms with Gasteiger partial charge in [-0.1, -0.05) is 0 Å². The van der Waals surface area contributed by atoms with Gasteiger partial charge in [-0.15, -0.1) is 0 Å². The first kappa shape index (κ1) is 15.8. The Morgan fingerprint density at radius 2 is 1.86 bits per heavy atom. The summed E-state index contributed by atoms with van der Waals surface area (Å²) in [6.07, 6.45) is -2.19. The molecule has 1 saturated heterocycles. The largest absolute Gasteiger partial charge is 0.451 e. The molecule has 1 aromatic rings. The zero-order chi connectivity index (χ0) is 15.5. The Hall–Kier alpha value is -1.57. The van der Waals surface area contributed by atoms with Gasteiger partial charge in [0.2, 0.25) is 5.82 Å². The number of halogens is 3. The summed E-state index contributed by atoms with van der Waals surface area (Å²) in [6.45, 7) is 4.82. The lowest BCUT2D eigenvalue weighted by molar-refractivity contribution is -0.144. The molecule has 0 aromatic carbocycles. The van der Waals surface area contributed by atoms with Crippen LogP contribution in [0.2, 0.25) is 0 Å². The summed E-state index contributed by atoms with van der Waals surface area (Å²) in [5, 5.41) is 5.65. The summed E-state index contributed by atoms with van der Waals surface area (Å²) >= 11 is 0. The molecule has 5 nitrogen and oxygen atoms in total. The van der Waals surface area contributed by atoms with Gasteiger partial charge in [-0.25, -0.2) is 9.97 Å². The molecular weight excluding hydrogens is 283 g/mol. The average molecular weight is 303 g/mol. The van der Waals surface area contributed by atoms with Crippen LogP contribution in [-0.2, 0) is 6.18 Å². The van der Waals surface area contributed by atoms with E-state index in [9.17, 15) is 13.2 Å². The van der Waals surface area contributed by atoms with Gasteiger partial charge in [-0.2, -0.15) is 13.2 Å². The molecule has 2 rings (SSSR count). The Morgan fingerprint density at radius 1 is 1.24 bits per heavy atom. The van der Waals surface area contributed by atoms with Crippen molar-refractivity contribution in [3.8, 4) is 0 Å². The highest BCUT2D eigenvalue weighted by molar-refractivity contribution is 5.48. The molecule has 0 amide bonds. The second kappa shape index (κ2) is 6.46. The number of hydrogen-bond donors (Lipinski definition) is 2. The van der Waals surface area contributed by atoms with Crippen molar-refractivity contribution in [1.82, 2.24) is 14.9 Å². The summed E-state index contributed by atoms with van der Waals surface area (Å²) in [6, 6.07) is 1.50. The zero-order valence-corrected chi connectivity index (χ0v) is 12.2. The number of likely N-dealkylation sites (tertiary alicyclic amines) is 1. The summed E-state index contributed by atoms with van der Waals surface area (Å²) in [4.78, 5) is 9.29. The molecule has 0 spiro atoms. The van der Waals surface area contributed by atoms with E-state index >= 15 is 0 Å².